The largest absolute Gasteiger partial charge is 0.494 e. The van der Waals surface area contributed by atoms with Crippen molar-refractivity contribution in [3.63, 3.8) is 0 Å². The number of hydrogen-bond acceptors (Lipinski definition) is 12. The Labute approximate surface area is 526 Å². The van der Waals surface area contributed by atoms with E-state index in [2.05, 4.69) is 74.7 Å². The van der Waals surface area contributed by atoms with Gasteiger partial charge in [-0.05, 0) is 223 Å². The van der Waals surface area contributed by atoms with Gasteiger partial charge < -0.3 is 37.9 Å². The zero-order valence-corrected chi connectivity index (χ0v) is 51.7. The van der Waals surface area contributed by atoms with Crippen LogP contribution in [-0.2, 0) is 14.2 Å². The summed E-state index contributed by atoms with van der Waals surface area (Å²) in [6.07, 6.45) is 8.32. The van der Waals surface area contributed by atoms with Crippen LogP contribution in [0.5, 0.6) is 28.7 Å². The van der Waals surface area contributed by atoms with Gasteiger partial charge in [-0.15, -0.1) is 0 Å². The quantitative estimate of drug-likeness (QED) is 0.0199. The molecule has 0 aromatic heterocycles. The van der Waals surface area contributed by atoms with Crippen molar-refractivity contribution in [1.29, 1.82) is 0 Å². The second-order valence-electron chi connectivity index (χ2n) is 22.4. The lowest BCUT2D eigenvalue weighted by Crippen LogP contribution is -2.09. The van der Waals surface area contributed by atoms with Crippen LogP contribution in [0.1, 0.15) is 112 Å². The second-order valence-corrected chi connectivity index (χ2v) is 22.4. The molecule has 12 heteroatoms. The minimum Gasteiger partial charge on any atom is -0.494 e. The highest BCUT2D eigenvalue weighted by Crippen LogP contribution is 2.36. The first-order valence-corrected chi connectivity index (χ1v) is 30.5. The summed E-state index contributed by atoms with van der Waals surface area (Å²) in [5.74, 6) is 0.976. The number of ether oxygens (including phenoxy) is 8. The van der Waals surface area contributed by atoms with Crippen LogP contribution < -0.4 is 23.7 Å². The maximum atomic E-state index is 13.4. The molecule has 0 spiro atoms. The van der Waals surface area contributed by atoms with E-state index >= 15 is 0 Å². The molecule has 0 radical (unpaired) electrons. The van der Waals surface area contributed by atoms with Gasteiger partial charge in [0.2, 0.25) is 0 Å². The highest BCUT2D eigenvalue weighted by molar-refractivity contribution is 6.06. The van der Waals surface area contributed by atoms with E-state index < -0.39 is 23.9 Å². The van der Waals surface area contributed by atoms with E-state index in [9.17, 15) is 19.2 Å². The van der Waals surface area contributed by atoms with E-state index in [1.807, 2.05) is 44.2 Å². The van der Waals surface area contributed by atoms with Gasteiger partial charge in [0.05, 0.1) is 55.8 Å². The van der Waals surface area contributed by atoms with Crippen LogP contribution in [0, 0.1) is 6.92 Å². The van der Waals surface area contributed by atoms with E-state index in [-0.39, 0.29) is 0 Å². The summed E-state index contributed by atoms with van der Waals surface area (Å²) in [5, 5.41) is 7.77. The molecule has 10 rings (SSSR count). The monoisotopic (exact) mass is 1200 g/mol. The summed E-state index contributed by atoms with van der Waals surface area (Å²) in [5.41, 5.74) is 7.24. The number of carbonyl (C=O) groups excluding carboxylic acids is 4. The first-order valence-electron chi connectivity index (χ1n) is 30.5. The standard InChI is InChI=1S/C49H44O6.C29H32O6/c1-33(2)32-52-26-6-4-5-7-27-53-41-22-19-37(20-23-41)48(50)54-42-25-21-38-29-40(17-16-39(38)30-42)49(51)55-43-24-18-36-11-9-13-45(47(36)31-43)44-12-8-10-35-15-14-34(3)28-46(35)44;1-21(2)20-33-16-6-4-5-7-17-34-26-13-10-22(11-14-26)29(31)35-27-15-12-23-18-25(28(30)32-3)9-8-24(23)19-27/h8-25,28-31H,1,4-7,26-27,32H2,2-3H3;8-15,18-19H,1,4-7,16-17,20H2,2-3H3. The zero-order chi connectivity index (χ0) is 63.2. The van der Waals surface area contributed by atoms with Crippen LogP contribution >= 0.6 is 0 Å². The third kappa shape index (κ3) is 18.6. The third-order valence-corrected chi connectivity index (χ3v) is 14.9. The van der Waals surface area contributed by atoms with Gasteiger partial charge in [0.15, 0.2) is 0 Å². The predicted octanol–water partition coefficient (Wildman–Crippen LogP) is 18.5. The summed E-state index contributed by atoms with van der Waals surface area (Å²) in [6.45, 7) is 17.7. The van der Waals surface area contributed by atoms with Crippen molar-refractivity contribution in [3.8, 4) is 39.9 Å². The zero-order valence-electron chi connectivity index (χ0n) is 51.7. The highest BCUT2D eigenvalue weighted by atomic mass is 16.5. The Morgan fingerprint density at radius 2 is 0.700 bits per heavy atom. The molecular weight excluding hydrogens is 1130 g/mol. The van der Waals surface area contributed by atoms with Crippen LogP contribution in [0.25, 0.3) is 54.2 Å². The predicted molar refractivity (Wildman–Crippen MR) is 358 cm³/mol. The van der Waals surface area contributed by atoms with Crippen LogP contribution in [0.4, 0.5) is 0 Å². The van der Waals surface area contributed by atoms with E-state index in [0.717, 1.165) is 125 Å². The summed E-state index contributed by atoms with van der Waals surface area (Å²) >= 11 is 0. The van der Waals surface area contributed by atoms with Crippen molar-refractivity contribution in [1.82, 2.24) is 0 Å². The Balaban J connectivity index is 0.000000237. The average molecular weight is 1210 g/mol. The molecule has 0 heterocycles. The number of carbonyl (C=O) groups is 4. The van der Waals surface area contributed by atoms with Crippen molar-refractivity contribution in [2.24, 2.45) is 0 Å². The van der Waals surface area contributed by atoms with Gasteiger partial charge in [-0.2, -0.15) is 0 Å². The average Bonchev–Trinajstić information content (AvgIpc) is 1.04. The smallest absolute Gasteiger partial charge is 0.343 e. The fourth-order valence-corrected chi connectivity index (χ4v) is 10.2. The first kappa shape index (κ1) is 64.6. The van der Waals surface area contributed by atoms with Crippen LogP contribution in [-0.4, -0.2) is 70.6 Å². The third-order valence-electron chi connectivity index (χ3n) is 14.9. The molecule has 0 fully saturated rings. The van der Waals surface area contributed by atoms with E-state index in [1.165, 1.54) is 23.4 Å². The van der Waals surface area contributed by atoms with Gasteiger partial charge in [-0.1, -0.05) is 128 Å². The molecule has 0 amide bonds. The normalized spacial score (nSPS) is 11.0. The van der Waals surface area contributed by atoms with Gasteiger partial charge >= 0.3 is 23.9 Å². The number of benzene rings is 10. The first-order chi connectivity index (χ1) is 43.8. The van der Waals surface area contributed by atoms with Gasteiger partial charge in [0.25, 0.3) is 0 Å². The number of esters is 4. The molecule has 0 aliphatic heterocycles. The van der Waals surface area contributed by atoms with Crippen LogP contribution in [0.3, 0.4) is 0 Å². The maximum absolute atomic E-state index is 13.4. The van der Waals surface area contributed by atoms with Crippen LogP contribution in [0.2, 0.25) is 0 Å². The molecule has 10 aromatic rings. The molecule has 0 saturated heterocycles. The van der Waals surface area contributed by atoms with E-state index in [1.54, 1.807) is 109 Å². The second kappa shape index (κ2) is 32.4. The lowest BCUT2D eigenvalue weighted by atomic mass is 9.93. The molecule has 0 unspecified atom stereocenters. The molecule has 12 nitrogen and oxygen atoms in total. The highest BCUT2D eigenvalue weighted by Gasteiger charge is 2.16. The molecule has 0 bridgehead atoms. The lowest BCUT2D eigenvalue weighted by molar-refractivity contribution is 0.0599. The van der Waals surface area contributed by atoms with E-state index in [4.69, 9.17) is 37.9 Å². The molecule has 90 heavy (non-hydrogen) atoms. The molecule has 10 aromatic carbocycles. The van der Waals surface area contributed by atoms with Crippen molar-refractivity contribution in [2.45, 2.75) is 72.1 Å². The van der Waals surface area contributed by atoms with Gasteiger partial charge in [0, 0.05) is 13.2 Å². The summed E-state index contributed by atoms with van der Waals surface area (Å²) in [7, 11) is 1.35. The molecule has 0 atom stereocenters. The van der Waals surface area contributed by atoms with Crippen molar-refractivity contribution < 1.29 is 57.1 Å². The molecule has 0 N–H and O–H groups in total. The number of aryl methyl sites for hydroxylation is 1. The number of unbranched alkanes of at least 4 members (excludes halogenated alkanes) is 6. The molecule has 0 saturated carbocycles. The molecular formula is C78H76O12. The minimum absolute atomic E-state index is 0.394. The summed E-state index contributed by atoms with van der Waals surface area (Å²) in [4.78, 5) is 50.6. The van der Waals surface area contributed by atoms with Crippen LogP contribution in [0.15, 0.2) is 218 Å². The SMILES string of the molecule is C=C(C)COCCCCCCOc1ccc(C(=O)Oc2ccc3cc(C(=O)OC)ccc3c2)cc1.C=C(C)COCCCCCCOc1ccc(C(=O)Oc2ccc3cc(C(=O)Oc4ccc5cccc(-c6cccc7ccc(C)cc67)c5c4)ccc3c2)cc1. The number of fused-ring (bicyclic) bond motifs is 4. The maximum Gasteiger partial charge on any atom is 0.343 e. The fraction of sp³-hybridized carbons (Fsp3) is 0.231. The lowest BCUT2D eigenvalue weighted by Gasteiger charge is -2.12. The summed E-state index contributed by atoms with van der Waals surface area (Å²) < 4.78 is 44.5. The van der Waals surface area contributed by atoms with E-state index in [0.29, 0.717) is 71.7 Å². The topological polar surface area (TPSA) is 142 Å². The van der Waals surface area contributed by atoms with Crippen molar-refractivity contribution in [2.75, 3.05) is 46.8 Å². The van der Waals surface area contributed by atoms with Gasteiger partial charge in [0.1, 0.15) is 28.7 Å². The molecule has 0 aliphatic carbocycles. The Kier molecular flexibility index (Phi) is 23.2. The Hall–Kier alpha value is -9.88. The number of methoxy groups -OCH3 is 1. The van der Waals surface area contributed by atoms with Gasteiger partial charge in [-0.25, -0.2) is 19.2 Å². The Morgan fingerprint density at radius 3 is 1.16 bits per heavy atom. The summed E-state index contributed by atoms with van der Waals surface area (Å²) in [6, 6.07) is 59.9. The van der Waals surface area contributed by atoms with Crippen molar-refractivity contribution >= 4 is 67.0 Å². The molecule has 0 aliphatic rings. The number of hydrogen-bond donors (Lipinski definition) is 0. The fourth-order valence-electron chi connectivity index (χ4n) is 10.2. The van der Waals surface area contributed by atoms with Crippen molar-refractivity contribution in [3.05, 3.63) is 246 Å². The number of rotatable bonds is 28. The Morgan fingerprint density at radius 1 is 0.344 bits per heavy atom. The Bertz CT molecular complexity index is 4150. The molecule has 460 valence electrons. The van der Waals surface area contributed by atoms with Gasteiger partial charge in [-0.3, -0.25) is 0 Å². The minimum atomic E-state index is -0.464.